The number of amides is 1. The summed E-state index contributed by atoms with van der Waals surface area (Å²) in [5, 5.41) is 12.8. The second kappa shape index (κ2) is 14.0. The molecule has 0 aliphatic heterocycles. The Morgan fingerprint density at radius 2 is 1.74 bits per heavy atom. The molecule has 3 rings (SSSR count). The van der Waals surface area contributed by atoms with E-state index >= 15 is 0 Å². The number of hydrogen-bond acceptors (Lipinski definition) is 4. The van der Waals surface area contributed by atoms with Gasteiger partial charge in [-0.25, -0.2) is 0 Å². The average molecular weight is 518 g/mol. The fraction of sp³-hybridized carbons (Fsp3) is 0.424. The third kappa shape index (κ3) is 8.35. The van der Waals surface area contributed by atoms with Gasteiger partial charge in [-0.3, -0.25) is 4.79 Å². The number of hydrogen-bond donors (Lipinski definition) is 2. The van der Waals surface area contributed by atoms with E-state index in [1.807, 2.05) is 66.7 Å². The van der Waals surface area contributed by atoms with Crippen LogP contribution in [0.2, 0.25) is 0 Å². The maximum atomic E-state index is 13.4. The lowest BCUT2D eigenvalue weighted by molar-refractivity contribution is -0.116. The third-order valence-electron chi connectivity index (χ3n) is 6.83. The Bertz CT molecular complexity index is 1170. The van der Waals surface area contributed by atoms with Gasteiger partial charge in [-0.2, -0.15) is 0 Å². The van der Waals surface area contributed by atoms with E-state index in [1.165, 1.54) is 0 Å². The van der Waals surface area contributed by atoms with Crippen molar-refractivity contribution in [3.8, 4) is 11.5 Å². The first-order chi connectivity index (χ1) is 18.2. The van der Waals surface area contributed by atoms with Crippen LogP contribution >= 0.6 is 0 Å². The second-order valence-electron chi connectivity index (χ2n) is 10.9. The number of rotatable bonds is 13. The summed E-state index contributed by atoms with van der Waals surface area (Å²) in [5.41, 5.74) is 4.56. The van der Waals surface area contributed by atoms with Crippen molar-refractivity contribution >= 4 is 11.6 Å². The zero-order valence-electron chi connectivity index (χ0n) is 23.5. The molecule has 1 amide bonds. The highest BCUT2D eigenvalue weighted by molar-refractivity contribution is 5.92. The Balaban J connectivity index is 1.81. The minimum Gasteiger partial charge on any atom is -0.496 e. The van der Waals surface area contributed by atoms with Crippen LogP contribution < -0.4 is 14.8 Å². The Kier molecular flexibility index (Phi) is 10.8. The molecule has 3 aromatic carbocycles. The normalized spacial score (nSPS) is 12.2. The van der Waals surface area contributed by atoms with Crippen LogP contribution in [0.25, 0.3) is 0 Å². The van der Waals surface area contributed by atoms with Gasteiger partial charge in [0.15, 0.2) is 0 Å². The van der Waals surface area contributed by atoms with Crippen LogP contribution in [0.15, 0.2) is 66.7 Å². The van der Waals surface area contributed by atoms with Crippen molar-refractivity contribution in [2.75, 3.05) is 12.4 Å². The molecule has 5 heteroatoms. The van der Waals surface area contributed by atoms with Gasteiger partial charge in [0.1, 0.15) is 18.1 Å². The number of aliphatic hydroxyl groups is 1. The molecule has 204 valence electrons. The first-order valence-electron chi connectivity index (χ1n) is 13.6. The highest BCUT2D eigenvalue weighted by atomic mass is 16.5. The van der Waals surface area contributed by atoms with Gasteiger partial charge in [-0.05, 0) is 52.1 Å². The Morgan fingerprint density at radius 3 is 2.39 bits per heavy atom. The van der Waals surface area contributed by atoms with E-state index in [-0.39, 0.29) is 23.8 Å². The van der Waals surface area contributed by atoms with Crippen molar-refractivity contribution < 1.29 is 19.4 Å². The molecule has 0 saturated carbocycles. The van der Waals surface area contributed by atoms with E-state index < -0.39 is 0 Å². The molecule has 0 aliphatic rings. The molecular formula is C33H43NO4. The quantitative estimate of drug-likeness (QED) is 0.227. The molecule has 3 aromatic rings. The van der Waals surface area contributed by atoms with Crippen LogP contribution in [0, 0.1) is 0 Å². The number of benzene rings is 3. The Labute approximate surface area is 228 Å². The molecule has 0 saturated heterocycles. The first-order valence-corrected chi connectivity index (χ1v) is 13.6. The van der Waals surface area contributed by atoms with Crippen molar-refractivity contribution in [3.05, 3.63) is 89.0 Å². The SMILES string of the molecule is CCCCCC(CC(=O)Nc1cc(CO)ccc1C(C)(C)C)c1ccc(OCc2ccccc2)cc1OC. The lowest BCUT2D eigenvalue weighted by Gasteiger charge is -2.25. The minimum absolute atomic E-state index is 0.0128. The summed E-state index contributed by atoms with van der Waals surface area (Å²) in [6, 6.07) is 21.8. The first kappa shape index (κ1) is 29.2. The average Bonchev–Trinajstić information content (AvgIpc) is 2.91. The van der Waals surface area contributed by atoms with E-state index in [0.717, 1.165) is 65.1 Å². The van der Waals surface area contributed by atoms with Crippen LogP contribution in [0.1, 0.15) is 88.0 Å². The fourth-order valence-electron chi connectivity index (χ4n) is 4.74. The molecule has 5 nitrogen and oxygen atoms in total. The summed E-state index contributed by atoms with van der Waals surface area (Å²) in [7, 11) is 1.67. The molecule has 0 heterocycles. The van der Waals surface area contributed by atoms with E-state index in [0.29, 0.717) is 13.0 Å². The van der Waals surface area contributed by atoms with Crippen LogP contribution in [0.4, 0.5) is 5.69 Å². The van der Waals surface area contributed by atoms with Gasteiger partial charge in [0.05, 0.1) is 13.7 Å². The highest BCUT2D eigenvalue weighted by Gasteiger charge is 2.23. The number of carbonyl (C=O) groups excluding carboxylic acids is 1. The molecule has 38 heavy (non-hydrogen) atoms. The zero-order chi connectivity index (χ0) is 27.5. The van der Waals surface area contributed by atoms with Crippen LogP contribution in [-0.4, -0.2) is 18.1 Å². The molecule has 1 unspecified atom stereocenters. The molecule has 0 aromatic heterocycles. The third-order valence-corrected chi connectivity index (χ3v) is 6.83. The molecule has 1 atom stereocenters. The predicted octanol–water partition coefficient (Wildman–Crippen LogP) is 7.76. The summed E-state index contributed by atoms with van der Waals surface area (Å²) in [6.45, 7) is 8.96. The lowest BCUT2D eigenvalue weighted by Crippen LogP contribution is -2.21. The zero-order valence-corrected chi connectivity index (χ0v) is 23.5. The smallest absolute Gasteiger partial charge is 0.224 e. The maximum absolute atomic E-state index is 13.4. The van der Waals surface area contributed by atoms with Crippen molar-refractivity contribution in [2.24, 2.45) is 0 Å². The number of aliphatic hydroxyl groups excluding tert-OH is 1. The number of anilines is 1. The highest BCUT2D eigenvalue weighted by Crippen LogP contribution is 2.37. The van der Waals surface area contributed by atoms with E-state index in [1.54, 1.807) is 7.11 Å². The number of nitrogens with one attached hydrogen (secondary N) is 1. The van der Waals surface area contributed by atoms with Gasteiger partial charge in [-0.1, -0.05) is 95.5 Å². The maximum Gasteiger partial charge on any atom is 0.224 e. The van der Waals surface area contributed by atoms with Gasteiger partial charge in [0.25, 0.3) is 0 Å². The van der Waals surface area contributed by atoms with Gasteiger partial charge < -0.3 is 19.9 Å². The van der Waals surface area contributed by atoms with Gasteiger partial charge in [0.2, 0.25) is 5.91 Å². The van der Waals surface area contributed by atoms with E-state index in [2.05, 4.69) is 33.0 Å². The lowest BCUT2D eigenvalue weighted by atomic mass is 9.85. The minimum atomic E-state index is -0.143. The van der Waals surface area contributed by atoms with Gasteiger partial charge in [-0.15, -0.1) is 0 Å². The summed E-state index contributed by atoms with van der Waals surface area (Å²) >= 11 is 0. The molecule has 0 aliphatic carbocycles. The number of ether oxygens (including phenoxy) is 2. The molecule has 0 spiro atoms. The van der Waals surface area contributed by atoms with Gasteiger partial charge in [0, 0.05) is 18.2 Å². The molecule has 0 radical (unpaired) electrons. The van der Waals surface area contributed by atoms with E-state index in [9.17, 15) is 9.90 Å². The number of carbonyl (C=O) groups is 1. The van der Waals surface area contributed by atoms with Crippen molar-refractivity contribution in [3.63, 3.8) is 0 Å². The molecule has 2 N–H and O–H groups in total. The van der Waals surface area contributed by atoms with E-state index in [4.69, 9.17) is 9.47 Å². The molecule has 0 bridgehead atoms. The fourth-order valence-corrected chi connectivity index (χ4v) is 4.74. The van der Waals surface area contributed by atoms with Crippen molar-refractivity contribution in [2.45, 2.75) is 84.3 Å². The van der Waals surface area contributed by atoms with Crippen LogP contribution in [0.5, 0.6) is 11.5 Å². The topological polar surface area (TPSA) is 67.8 Å². The number of unbranched alkanes of at least 4 members (excludes halogenated alkanes) is 2. The standard InChI is InChI=1S/C33H43NO4/c1-6-7-9-14-26(20-32(36)34-30-19-25(22-35)15-18-29(30)33(2,3)4)28-17-16-27(21-31(28)37-5)38-23-24-12-10-8-11-13-24/h8,10-13,15-19,21,26,35H,6-7,9,14,20,22-23H2,1-5H3,(H,34,36). The molecular weight excluding hydrogens is 474 g/mol. The summed E-state index contributed by atoms with van der Waals surface area (Å²) < 4.78 is 11.8. The molecule has 0 fully saturated rings. The Morgan fingerprint density at radius 1 is 0.974 bits per heavy atom. The summed E-state index contributed by atoms with van der Waals surface area (Å²) in [6.07, 6.45) is 4.51. The van der Waals surface area contributed by atoms with Gasteiger partial charge >= 0.3 is 0 Å². The monoisotopic (exact) mass is 517 g/mol. The summed E-state index contributed by atoms with van der Waals surface area (Å²) in [4.78, 5) is 13.4. The van der Waals surface area contributed by atoms with Crippen molar-refractivity contribution in [1.29, 1.82) is 0 Å². The Hall–Kier alpha value is -3.31. The largest absolute Gasteiger partial charge is 0.496 e. The second-order valence-corrected chi connectivity index (χ2v) is 10.9. The van der Waals surface area contributed by atoms with Crippen molar-refractivity contribution in [1.82, 2.24) is 0 Å². The van der Waals surface area contributed by atoms with Crippen LogP contribution in [-0.2, 0) is 23.4 Å². The van der Waals surface area contributed by atoms with Crippen LogP contribution in [0.3, 0.4) is 0 Å². The number of methoxy groups -OCH3 is 1. The predicted molar refractivity (Wildman–Crippen MR) is 155 cm³/mol. The summed E-state index contributed by atoms with van der Waals surface area (Å²) in [5.74, 6) is 1.45.